The fraction of sp³-hybridized carbons (Fsp3) is 0.280. The molecule has 3 aromatic rings. The molecule has 5 heteroatoms. The average Bonchev–Trinajstić information content (AvgIpc) is 3.19. The summed E-state index contributed by atoms with van der Waals surface area (Å²) in [6.07, 6.45) is 4.70. The van der Waals surface area contributed by atoms with E-state index < -0.39 is 0 Å². The zero-order valence-electron chi connectivity index (χ0n) is 17.0. The van der Waals surface area contributed by atoms with Crippen LogP contribution in [0, 0.1) is 12.7 Å². The number of hydrazone groups is 1. The number of aromatic nitrogens is 1. The van der Waals surface area contributed by atoms with E-state index in [9.17, 15) is 9.18 Å². The van der Waals surface area contributed by atoms with Gasteiger partial charge in [0.05, 0.1) is 23.0 Å². The maximum Gasteiger partial charge on any atom is 0.257 e. The summed E-state index contributed by atoms with van der Waals surface area (Å²) in [5.41, 5.74) is 6.10. The van der Waals surface area contributed by atoms with Crippen LogP contribution in [0.1, 0.15) is 53.3 Å². The van der Waals surface area contributed by atoms with Crippen LogP contribution < -0.4 is 10.6 Å². The summed E-state index contributed by atoms with van der Waals surface area (Å²) in [4.78, 5) is 15.9. The summed E-state index contributed by atoms with van der Waals surface area (Å²) in [7, 11) is 0. The number of aromatic amines is 1. The number of nitrogens with one attached hydrogen (secondary N) is 1. The molecule has 0 fully saturated rings. The third-order valence-corrected chi connectivity index (χ3v) is 6.12. The molecule has 0 spiro atoms. The number of nitrogens with zero attached hydrogens (tertiary/aromatic N) is 2. The second-order valence-electron chi connectivity index (χ2n) is 8.20. The van der Waals surface area contributed by atoms with E-state index in [-0.39, 0.29) is 17.4 Å². The second kappa shape index (κ2) is 7.56. The smallest absolute Gasteiger partial charge is 0.257 e. The molecule has 0 amide bonds. The number of rotatable bonds is 3. The second-order valence-corrected chi connectivity index (χ2v) is 8.20. The van der Waals surface area contributed by atoms with E-state index in [0.29, 0.717) is 23.4 Å². The van der Waals surface area contributed by atoms with Gasteiger partial charge in [-0.15, -0.1) is 0 Å². The highest BCUT2D eigenvalue weighted by Gasteiger charge is 2.32. The molecule has 2 heterocycles. The van der Waals surface area contributed by atoms with Crippen LogP contribution in [0.15, 0.2) is 64.5 Å². The fourth-order valence-electron chi connectivity index (χ4n) is 4.47. The number of anilines is 1. The summed E-state index contributed by atoms with van der Waals surface area (Å²) < 4.78 is 14.6. The lowest BCUT2D eigenvalue weighted by Crippen LogP contribution is -2.22. The maximum atomic E-state index is 14.6. The zero-order valence-corrected chi connectivity index (χ0v) is 17.0. The van der Waals surface area contributed by atoms with Gasteiger partial charge in [-0.2, -0.15) is 5.10 Å². The SMILES string of the molecule is Cc1ccc([C@H]2CC(c3cc4c([nH]c3=O)CCCC4)=NN2c2ccccc2F)cc1. The van der Waals surface area contributed by atoms with Gasteiger partial charge in [0.2, 0.25) is 0 Å². The van der Waals surface area contributed by atoms with Crippen LogP contribution in [0.5, 0.6) is 0 Å². The van der Waals surface area contributed by atoms with Crippen molar-refractivity contribution in [1.29, 1.82) is 0 Å². The van der Waals surface area contributed by atoms with Crippen molar-refractivity contribution < 1.29 is 4.39 Å². The Morgan fingerprint density at radius 2 is 1.83 bits per heavy atom. The summed E-state index contributed by atoms with van der Waals surface area (Å²) in [6, 6.07) is 16.7. The van der Waals surface area contributed by atoms with Crippen molar-refractivity contribution in [1.82, 2.24) is 4.98 Å². The van der Waals surface area contributed by atoms with Crippen LogP contribution in [0.25, 0.3) is 0 Å². The van der Waals surface area contributed by atoms with Gasteiger partial charge in [-0.25, -0.2) is 4.39 Å². The van der Waals surface area contributed by atoms with Crippen molar-refractivity contribution in [2.45, 2.75) is 45.1 Å². The van der Waals surface area contributed by atoms with Crippen LogP contribution in [0.2, 0.25) is 0 Å². The Kier molecular flexibility index (Phi) is 4.74. The third kappa shape index (κ3) is 3.34. The molecule has 4 nitrogen and oxygen atoms in total. The predicted molar refractivity (Wildman–Crippen MR) is 118 cm³/mol. The molecule has 0 saturated heterocycles. The molecule has 30 heavy (non-hydrogen) atoms. The van der Waals surface area contributed by atoms with Crippen molar-refractivity contribution in [2.75, 3.05) is 5.01 Å². The van der Waals surface area contributed by atoms with Crippen molar-refractivity contribution in [3.8, 4) is 0 Å². The van der Waals surface area contributed by atoms with Crippen molar-refractivity contribution in [3.05, 3.63) is 98.7 Å². The van der Waals surface area contributed by atoms with Crippen molar-refractivity contribution in [2.24, 2.45) is 5.10 Å². The minimum atomic E-state index is -0.320. The molecule has 0 unspecified atom stereocenters. The zero-order chi connectivity index (χ0) is 20.7. The van der Waals surface area contributed by atoms with Gasteiger partial charge in [-0.05, 0) is 61.9 Å². The molecule has 2 aromatic carbocycles. The van der Waals surface area contributed by atoms with Gasteiger partial charge < -0.3 is 4.98 Å². The van der Waals surface area contributed by atoms with Crippen LogP contribution in [0.3, 0.4) is 0 Å². The summed E-state index contributed by atoms with van der Waals surface area (Å²) in [6.45, 7) is 2.04. The lowest BCUT2D eigenvalue weighted by molar-refractivity contribution is 0.606. The summed E-state index contributed by atoms with van der Waals surface area (Å²) in [5.74, 6) is -0.320. The first-order valence-electron chi connectivity index (χ1n) is 10.5. The number of fused-ring (bicyclic) bond motifs is 1. The van der Waals surface area contributed by atoms with Gasteiger partial charge >= 0.3 is 0 Å². The van der Waals surface area contributed by atoms with Gasteiger partial charge in [-0.1, -0.05) is 42.0 Å². The fourth-order valence-corrected chi connectivity index (χ4v) is 4.47. The highest BCUT2D eigenvalue weighted by atomic mass is 19.1. The average molecular weight is 401 g/mol. The summed E-state index contributed by atoms with van der Waals surface area (Å²) >= 11 is 0. The minimum Gasteiger partial charge on any atom is -0.325 e. The Bertz CT molecular complexity index is 1180. The van der Waals surface area contributed by atoms with E-state index in [2.05, 4.69) is 29.2 Å². The Balaban J connectivity index is 1.60. The van der Waals surface area contributed by atoms with E-state index in [1.54, 1.807) is 17.1 Å². The molecular formula is C25H24FN3O. The monoisotopic (exact) mass is 401 g/mol. The van der Waals surface area contributed by atoms with Crippen molar-refractivity contribution in [3.63, 3.8) is 0 Å². The van der Waals surface area contributed by atoms with Crippen LogP contribution in [0.4, 0.5) is 10.1 Å². The molecule has 152 valence electrons. The number of pyridine rings is 1. The van der Waals surface area contributed by atoms with E-state index in [0.717, 1.165) is 36.9 Å². The number of benzene rings is 2. The first-order valence-corrected chi connectivity index (χ1v) is 10.5. The van der Waals surface area contributed by atoms with Crippen molar-refractivity contribution >= 4 is 11.4 Å². The molecule has 0 saturated carbocycles. The van der Waals surface area contributed by atoms with E-state index in [1.165, 1.54) is 17.2 Å². The summed E-state index contributed by atoms with van der Waals surface area (Å²) in [5, 5.41) is 6.50. The third-order valence-electron chi connectivity index (χ3n) is 6.12. The Labute approximate surface area is 175 Å². The molecule has 1 aromatic heterocycles. The van der Waals surface area contributed by atoms with Crippen LogP contribution >= 0.6 is 0 Å². The van der Waals surface area contributed by atoms with Gasteiger partial charge in [0.25, 0.3) is 5.56 Å². The number of para-hydroxylation sites is 1. The Hall–Kier alpha value is -3.21. The molecule has 1 aliphatic carbocycles. The topological polar surface area (TPSA) is 48.5 Å². The number of hydrogen-bond acceptors (Lipinski definition) is 3. The number of hydrogen-bond donors (Lipinski definition) is 1. The van der Waals surface area contributed by atoms with E-state index >= 15 is 0 Å². The first kappa shape index (κ1) is 18.8. The Morgan fingerprint density at radius 1 is 1.07 bits per heavy atom. The quantitative estimate of drug-likeness (QED) is 0.667. The van der Waals surface area contributed by atoms with Gasteiger partial charge in [0.15, 0.2) is 0 Å². The lowest BCUT2D eigenvalue weighted by atomic mass is 9.92. The minimum absolute atomic E-state index is 0.104. The predicted octanol–water partition coefficient (Wildman–Crippen LogP) is 5.06. The Morgan fingerprint density at radius 3 is 2.63 bits per heavy atom. The first-order chi connectivity index (χ1) is 14.6. The molecule has 1 N–H and O–H groups in total. The van der Waals surface area contributed by atoms with E-state index in [1.807, 2.05) is 19.1 Å². The lowest BCUT2D eigenvalue weighted by Gasteiger charge is -2.24. The van der Waals surface area contributed by atoms with E-state index in [4.69, 9.17) is 5.10 Å². The normalized spacial score (nSPS) is 18.3. The van der Waals surface area contributed by atoms with Crippen LogP contribution in [-0.4, -0.2) is 10.7 Å². The number of aryl methyl sites for hydroxylation is 3. The number of H-pyrrole nitrogens is 1. The molecule has 0 radical (unpaired) electrons. The molecule has 1 atom stereocenters. The van der Waals surface area contributed by atoms with Gasteiger partial charge in [0, 0.05) is 12.1 Å². The highest BCUT2D eigenvalue weighted by Crippen LogP contribution is 2.37. The molecule has 5 rings (SSSR count). The molecule has 1 aliphatic heterocycles. The number of halogens is 1. The van der Waals surface area contributed by atoms with Crippen LogP contribution in [-0.2, 0) is 12.8 Å². The standard InChI is InChI=1S/C25H24FN3O/c1-16-10-12-17(13-11-16)24-15-22(28-29(24)23-9-5-3-7-20(23)26)19-14-18-6-2-4-8-21(18)27-25(19)30/h3,5,7,9-14,24H,2,4,6,8,15H2,1H3,(H,27,30)/t24-/m1/s1. The highest BCUT2D eigenvalue weighted by molar-refractivity contribution is 6.03. The largest absolute Gasteiger partial charge is 0.325 e. The van der Waals surface area contributed by atoms with Gasteiger partial charge in [0.1, 0.15) is 5.82 Å². The maximum absolute atomic E-state index is 14.6. The van der Waals surface area contributed by atoms with Gasteiger partial charge in [-0.3, -0.25) is 9.80 Å². The molecule has 2 aliphatic rings. The molecule has 0 bridgehead atoms. The molecular weight excluding hydrogens is 377 g/mol.